The molecule has 2 aliphatic rings. The Labute approximate surface area is 98.1 Å². The first kappa shape index (κ1) is 11.8. The Kier molecular flexibility index (Phi) is 3.92. The maximum absolute atomic E-state index is 6.04. The summed E-state index contributed by atoms with van der Waals surface area (Å²) in [5.74, 6) is 0. The molecule has 0 aliphatic carbocycles. The zero-order valence-electron chi connectivity index (χ0n) is 8.78. The third-order valence-electron chi connectivity index (χ3n) is 3.69. The molecule has 0 nitrogen and oxygen atoms in total. The summed E-state index contributed by atoms with van der Waals surface area (Å²) in [5, 5.41) is 0. The van der Waals surface area contributed by atoms with Crippen molar-refractivity contribution in [3.05, 3.63) is 0 Å². The van der Waals surface area contributed by atoms with Gasteiger partial charge in [-0.2, -0.15) is 0 Å². The summed E-state index contributed by atoms with van der Waals surface area (Å²) in [7, 11) is 0. The minimum Gasteiger partial charge on any atom is -0.0919 e. The highest BCUT2D eigenvalue weighted by atomic mass is 32.8. The van der Waals surface area contributed by atoms with Crippen LogP contribution in [0.25, 0.3) is 0 Å². The number of hydrogen-bond acceptors (Lipinski definition) is 2. The average Bonchev–Trinajstić information content (AvgIpc) is 2.20. The summed E-state index contributed by atoms with van der Waals surface area (Å²) < 4.78 is 0. The minimum atomic E-state index is -1.04. The Morgan fingerprint density at radius 2 is 0.786 bits per heavy atom. The van der Waals surface area contributed by atoms with Crippen LogP contribution in [-0.2, 0) is 23.6 Å². The Hall–Kier alpha value is 1.30. The normalized spacial score (nSPS) is 31.1. The molecule has 0 aromatic rings. The van der Waals surface area contributed by atoms with Crippen molar-refractivity contribution < 1.29 is 0 Å². The van der Waals surface area contributed by atoms with Crippen LogP contribution >= 0.6 is 11.5 Å². The van der Waals surface area contributed by atoms with Crippen LogP contribution in [0.3, 0.4) is 0 Å². The fourth-order valence-corrected chi connectivity index (χ4v) is 18.1. The fourth-order valence-electron chi connectivity index (χ4n) is 2.74. The van der Waals surface area contributed by atoms with Crippen LogP contribution in [0.1, 0.15) is 38.5 Å². The third kappa shape index (κ3) is 2.19. The van der Waals surface area contributed by atoms with Crippen LogP contribution in [0, 0.1) is 0 Å². The highest BCUT2D eigenvalue weighted by molar-refractivity contribution is 8.66. The van der Waals surface area contributed by atoms with Crippen molar-refractivity contribution in [3.63, 3.8) is 0 Å². The van der Waals surface area contributed by atoms with E-state index in [4.69, 9.17) is 23.6 Å². The standard InChI is InChI=1S/C10H20P2S2/c13-11(7-3-1-4-8-11)12(14)9-5-2-6-10-12/h1-10H2. The van der Waals surface area contributed by atoms with E-state index in [0.717, 1.165) is 0 Å². The van der Waals surface area contributed by atoms with Crippen molar-refractivity contribution in [1.82, 2.24) is 0 Å². The van der Waals surface area contributed by atoms with E-state index in [0.29, 0.717) is 0 Å². The molecular weight excluding hydrogens is 246 g/mol. The van der Waals surface area contributed by atoms with Gasteiger partial charge in [0.1, 0.15) is 0 Å². The SMILES string of the molecule is S=P1(P2(=S)CCCCC2)CCCCC1. The topological polar surface area (TPSA) is 0 Å². The molecule has 0 aromatic carbocycles. The van der Waals surface area contributed by atoms with E-state index in [1.54, 1.807) is 0 Å². The molecular formula is C10H20P2S2. The van der Waals surface area contributed by atoms with Gasteiger partial charge in [0.25, 0.3) is 0 Å². The molecule has 0 radical (unpaired) electrons. The Bertz CT molecular complexity index is 248. The summed E-state index contributed by atoms with van der Waals surface area (Å²) in [6.45, 7) is 0. The molecule has 14 heavy (non-hydrogen) atoms. The lowest BCUT2D eigenvalue weighted by Crippen LogP contribution is -2.10. The largest absolute Gasteiger partial charge is 0.0919 e. The molecule has 2 heterocycles. The summed E-state index contributed by atoms with van der Waals surface area (Å²) in [4.78, 5) is 0. The van der Waals surface area contributed by atoms with Gasteiger partial charge >= 0.3 is 0 Å². The molecule has 2 fully saturated rings. The van der Waals surface area contributed by atoms with E-state index in [2.05, 4.69) is 0 Å². The predicted molar refractivity (Wildman–Crippen MR) is 75.7 cm³/mol. The first-order valence-corrected chi connectivity index (χ1v) is 12.9. The lowest BCUT2D eigenvalue weighted by atomic mass is 10.3. The van der Waals surface area contributed by atoms with Crippen molar-refractivity contribution in [2.45, 2.75) is 38.5 Å². The first-order valence-electron chi connectivity index (χ1n) is 5.83. The summed E-state index contributed by atoms with van der Waals surface area (Å²) in [5.41, 5.74) is -2.08. The van der Waals surface area contributed by atoms with Gasteiger partial charge in [-0.05, 0) is 61.8 Å². The van der Waals surface area contributed by atoms with Crippen LogP contribution in [0.2, 0.25) is 0 Å². The van der Waals surface area contributed by atoms with Crippen molar-refractivity contribution in [3.8, 4) is 0 Å². The maximum atomic E-state index is 6.04. The highest BCUT2D eigenvalue weighted by Crippen LogP contribution is 2.84. The number of hydrogen-bond donors (Lipinski definition) is 0. The van der Waals surface area contributed by atoms with Gasteiger partial charge in [0.15, 0.2) is 0 Å². The van der Waals surface area contributed by atoms with Gasteiger partial charge in [-0.3, -0.25) is 0 Å². The molecule has 0 atom stereocenters. The van der Waals surface area contributed by atoms with E-state index in [1.165, 1.54) is 63.2 Å². The van der Waals surface area contributed by atoms with Gasteiger partial charge in [0, 0.05) is 0 Å². The first-order chi connectivity index (χ1) is 6.66. The molecule has 0 amide bonds. The number of rotatable bonds is 1. The average molecular weight is 266 g/mol. The molecule has 0 aromatic heterocycles. The molecule has 0 bridgehead atoms. The van der Waals surface area contributed by atoms with Gasteiger partial charge in [-0.1, -0.05) is 36.5 Å². The lowest BCUT2D eigenvalue weighted by Gasteiger charge is -2.40. The Balaban J connectivity index is 2.18. The second-order valence-corrected chi connectivity index (χ2v) is 20.3. The van der Waals surface area contributed by atoms with Crippen LogP contribution in [0.4, 0.5) is 0 Å². The molecule has 0 unspecified atom stereocenters. The summed E-state index contributed by atoms with van der Waals surface area (Å²) in [6, 6.07) is 0. The second kappa shape index (κ2) is 4.66. The summed E-state index contributed by atoms with van der Waals surface area (Å²) in [6.07, 6.45) is 13.9. The third-order valence-corrected chi connectivity index (χ3v) is 24.2. The van der Waals surface area contributed by atoms with Crippen molar-refractivity contribution in [2.24, 2.45) is 0 Å². The van der Waals surface area contributed by atoms with Crippen molar-refractivity contribution >= 4 is 35.1 Å². The second-order valence-electron chi connectivity index (χ2n) is 4.71. The van der Waals surface area contributed by atoms with E-state index < -0.39 is 11.5 Å². The predicted octanol–water partition coefficient (Wildman–Crippen LogP) is 4.23. The monoisotopic (exact) mass is 266 g/mol. The van der Waals surface area contributed by atoms with Crippen molar-refractivity contribution in [2.75, 3.05) is 24.6 Å². The van der Waals surface area contributed by atoms with Crippen LogP contribution in [-0.4, -0.2) is 24.6 Å². The van der Waals surface area contributed by atoms with Crippen molar-refractivity contribution in [1.29, 1.82) is 0 Å². The lowest BCUT2D eigenvalue weighted by molar-refractivity contribution is 0.747. The zero-order chi connectivity index (χ0) is 10.1. The molecule has 2 rings (SSSR count). The molecule has 2 saturated heterocycles. The van der Waals surface area contributed by atoms with Gasteiger partial charge in [-0.15, -0.1) is 0 Å². The molecule has 82 valence electrons. The fraction of sp³-hybridized carbons (Fsp3) is 1.00. The molecule has 4 heteroatoms. The van der Waals surface area contributed by atoms with Crippen LogP contribution < -0.4 is 0 Å². The summed E-state index contributed by atoms with van der Waals surface area (Å²) >= 11 is 12.1. The Morgan fingerprint density at radius 1 is 0.500 bits per heavy atom. The maximum Gasteiger partial charge on any atom is -0.0129 e. The highest BCUT2D eigenvalue weighted by Gasteiger charge is 2.36. The van der Waals surface area contributed by atoms with Gasteiger partial charge in [0.2, 0.25) is 0 Å². The van der Waals surface area contributed by atoms with Crippen LogP contribution in [0.15, 0.2) is 0 Å². The van der Waals surface area contributed by atoms with E-state index in [1.807, 2.05) is 0 Å². The quantitative estimate of drug-likeness (QED) is 0.651. The smallest absolute Gasteiger partial charge is 0.0129 e. The molecule has 0 saturated carbocycles. The van der Waals surface area contributed by atoms with E-state index in [9.17, 15) is 0 Å². The minimum absolute atomic E-state index is 1.04. The zero-order valence-corrected chi connectivity index (χ0v) is 12.2. The molecule has 2 aliphatic heterocycles. The van der Waals surface area contributed by atoms with E-state index >= 15 is 0 Å². The molecule has 0 spiro atoms. The van der Waals surface area contributed by atoms with Gasteiger partial charge < -0.3 is 0 Å². The van der Waals surface area contributed by atoms with Gasteiger partial charge in [0.05, 0.1) is 0 Å². The van der Waals surface area contributed by atoms with Gasteiger partial charge in [-0.25, -0.2) is 0 Å². The van der Waals surface area contributed by atoms with E-state index in [-0.39, 0.29) is 0 Å². The molecule has 0 N–H and O–H groups in total. The Morgan fingerprint density at radius 3 is 1.07 bits per heavy atom. The van der Waals surface area contributed by atoms with Crippen LogP contribution in [0.5, 0.6) is 0 Å².